The quantitative estimate of drug-likeness (QED) is 0.443. The predicted octanol–water partition coefficient (Wildman–Crippen LogP) is 3.59. The molecule has 9 heteroatoms. The predicted molar refractivity (Wildman–Crippen MR) is 109 cm³/mol. The number of esters is 1. The van der Waals surface area contributed by atoms with E-state index in [9.17, 15) is 18.8 Å². The average Bonchev–Trinajstić information content (AvgIpc) is 3.44. The number of hydrogen-bond donors (Lipinski definition) is 2. The number of imide groups is 1. The normalized spacial score (nSPS) is 11.0. The maximum Gasteiger partial charge on any atom is 0.340 e. The van der Waals surface area contributed by atoms with Crippen LogP contribution in [0, 0.1) is 5.82 Å². The minimum absolute atomic E-state index is 0.106. The van der Waals surface area contributed by atoms with Crippen LogP contribution in [0.2, 0.25) is 0 Å². The van der Waals surface area contributed by atoms with E-state index >= 15 is 0 Å². The highest BCUT2D eigenvalue weighted by Gasteiger charge is 2.17. The second kappa shape index (κ2) is 10.2. The van der Waals surface area contributed by atoms with Crippen LogP contribution < -0.4 is 10.6 Å². The van der Waals surface area contributed by atoms with Gasteiger partial charge in [-0.15, -0.1) is 11.3 Å². The summed E-state index contributed by atoms with van der Waals surface area (Å²) in [6, 6.07) is 11.7. The van der Waals surface area contributed by atoms with Gasteiger partial charge in [0.05, 0.1) is 18.4 Å². The fraction of sp³-hybridized carbons (Fsp3) is 0.0952. The Kier molecular flexibility index (Phi) is 7.12. The first-order chi connectivity index (χ1) is 14.5. The van der Waals surface area contributed by atoms with E-state index in [4.69, 9.17) is 9.15 Å². The van der Waals surface area contributed by atoms with Gasteiger partial charge >= 0.3 is 12.0 Å². The number of furan rings is 1. The first-order valence-corrected chi connectivity index (χ1v) is 9.67. The van der Waals surface area contributed by atoms with Crippen LogP contribution in [0.25, 0.3) is 11.6 Å². The smallest absolute Gasteiger partial charge is 0.340 e. The highest BCUT2D eigenvalue weighted by atomic mass is 32.1. The van der Waals surface area contributed by atoms with Crippen LogP contribution in [0.4, 0.5) is 9.18 Å². The lowest BCUT2D eigenvalue weighted by Crippen LogP contribution is -2.41. The molecule has 0 aliphatic rings. The largest absolute Gasteiger partial charge is 0.467 e. The Morgan fingerprint density at radius 1 is 1.10 bits per heavy atom. The zero-order chi connectivity index (χ0) is 21.3. The average molecular weight is 428 g/mol. The first-order valence-electron chi connectivity index (χ1n) is 8.79. The molecule has 0 saturated carbocycles. The number of hydrogen-bond acceptors (Lipinski definition) is 6. The van der Waals surface area contributed by atoms with Gasteiger partial charge in [0.2, 0.25) is 0 Å². The molecule has 0 aliphatic carbocycles. The van der Waals surface area contributed by atoms with Crippen molar-refractivity contribution in [2.24, 2.45) is 0 Å². The Hall–Kier alpha value is -3.72. The van der Waals surface area contributed by atoms with E-state index in [0.29, 0.717) is 16.2 Å². The molecule has 0 fully saturated rings. The van der Waals surface area contributed by atoms with Crippen LogP contribution in [0.15, 0.2) is 64.6 Å². The molecule has 0 bridgehead atoms. The molecule has 154 valence electrons. The summed E-state index contributed by atoms with van der Waals surface area (Å²) in [5.74, 6) is -1.40. The summed E-state index contributed by atoms with van der Waals surface area (Å²) in [6.07, 6.45) is 3.01. The van der Waals surface area contributed by atoms with E-state index in [1.165, 1.54) is 41.9 Å². The molecule has 0 saturated heterocycles. The lowest BCUT2D eigenvalue weighted by Gasteiger charge is -2.08. The molecule has 0 atom stereocenters. The fourth-order valence-corrected chi connectivity index (χ4v) is 3.11. The number of nitrogens with one attached hydrogen (secondary N) is 2. The summed E-state index contributed by atoms with van der Waals surface area (Å²) in [5.41, 5.74) is 0.810. The summed E-state index contributed by atoms with van der Waals surface area (Å²) < 4.78 is 23.2. The number of ether oxygens (including phenoxy) is 1. The number of carbonyl (C=O) groups is 3. The molecule has 3 aromatic rings. The van der Waals surface area contributed by atoms with Crippen LogP contribution >= 0.6 is 11.3 Å². The molecule has 7 nitrogen and oxygen atoms in total. The number of thiophene rings is 1. The van der Waals surface area contributed by atoms with Gasteiger partial charge < -0.3 is 14.5 Å². The zero-order valence-corrected chi connectivity index (χ0v) is 16.4. The minimum atomic E-state index is -0.785. The summed E-state index contributed by atoms with van der Waals surface area (Å²) in [4.78, 5) is 36.8. The van der Waals surface area contributed by atoms with Crippen molar-refractivity contribution in [2.45, 2.75) is 6.54 Å². The van der Waals surface area contributed by atoms with Crippen molar-refractivity contribution in [1.82, 2.24) is 10.6 Å². The van der Waals surface area contributed by atoms with Gasteiger partial charge in [0.25, 0.3) is 5.91 Å². The molecule has 0 spiro atoms. The number of amides is 3. The molecule has 0 unspecified atom stereocenters. The van der Waals surface area contributed by atoms with Crippen LogP contribution in [0.3, 0.4) is 0 Å². The van der Waals surface area contributed by atoms with E-state index in [1.54, 1.807) is 35.7 Å². The summed E-state index contributed by atoms with van der Waals surface area (Å²) in [6.45, 7) is -0.534. The SMILES string of the molecule is O=C(COC(=O)/C(=C/c1ccc(F)cc1)c1cccs1)NC(=O)NCc1ccco1. The molecule has 3 amide bonds. The topological polar surface area (TPSA) is 97.6 Å². The van der Waals surface area contributed by atoms with Crippen molar-refractivity contribution in [3.8, 4) is 0 Å². The fourth-order valence-electron chi connectivity index (χ4n) is 2.38. The highest BCUT2D eigenvalue weighted by Crippen LogP contribution is 2.24. The first kappa shape index (κ1) is 21.0. The second-order valence-corrected chi connectivity index (χ2v) is 6.92. The Labute approximate surface area is 175 Å². The third-order valence-electron chi connectivity index (χ3n) is 3.78. The van der Waals surface area contributed by atoms with E-state index < -0.39 is 30.3 Å². The van der Waals surface area contributed by atoms with Gasteiger partial charge in [-0.3, -0.25) is 10.1 Å². The van der Waals surface area contributed by atoms with Crippen LogP contribution in [0.1, 0.15) is 16.2 Å². The number of halogens is 1. The third kappa shape index (κ3) is 6.14. The number of benzene rings is 1. The van der Waals surface area contributed by atoms with Crippen molar-refractivity contribution in [3.63, 3.8) is 0 Å². The van der Waals surface area contributed by atoms with Crippen molar-refractivity contribution < 1.29 is 27.9 Å². The van der Waals surface area contributed by atoms with Gasteiger partial charge in [-0.2, -0.15) is 0 Å². The molecule has 3 rings (SSSR count). The molecule has 2 N–H and O–H groups in total. The van der Waals surface area contributed by atoms with Crippen molar-refractivity contribution in [2.75, 3.05) is 6.61 Å². The summed E-state index contributed by atoms with van der Waals surface area (Å²) in [7, 11) is 0. The number of rotatable bonds is 7. The van der Waals surface area contributed by atoms with Crippen molar-refractivity contribution in [3.05, 3.63) is 82.2 Å². The molecule has 2 heterocycles. The molecular weight excluding hydrogens is 411 g/mol. The Morgan fingerprint density at radius 2 is 1.90 bits per heavy atom. The molecule has 0 aliphatic heterocycles. The van der Waals surface area contributed by atoms with Crippen molar-refractivity contribution in [1.29, 1.82) is 0 Å². The van der Waals surface area contributed by atoms with Gasteiger partial charge in [-0.25, -0.2) is 14.0 Å². The van der Waals surface area contributed by atoms with E-state index in [2.05, 4.69) is 10.6 Å². The summed E-state index contributed by atoms with van der Waals surface area (Å²) >= 11 is 1.32. The summed E-state index contributed by atoms with van der Waals surface area (Å²) in [5, 5.41) is 6.29. The molecule has 30 heavy (non-hydrogen) atoms. The maximum atomic E-state index is 13.1. The van der Waals surface area contributed by atoms with Gasteiger partial charge in [0.15, 0.2) is 6.61 Å². The lowest BCUT2D eigenvalue weighted by atomic mass is 10.1. The Bertz CT molecular complexity index is 1030. The Balaban J connectivity index is 1.57. The molecular formula is C21H17FN2O5S. The van der Waals surface area contributed by atoms with E-state index in [-0.39, 0.29) is 12.1 Å². The second-order valence-electron chi connectivity index (χ2n) is 5.97. The van der Waals surface area contributed by atoms with Gasteiger partial charge in [0.1, 0.15) is 11.6 Å². The van der Waals surface area contributed by atoms with Crippen molar-refractivity contribution >= 4 is 40.9 Å². The number of urea groups is 1. The molecule has 0 radical (unpaired) electrons. The molecule has 2 aromatic heterocycles. The van der Waals surface area contributed by atoms with Gasteiger partial charge in [-0.05, 0) is 47.4 Å². The standard InChI is InChI=1S/C21H17FN2O5S/c22-15-7-5-14(6-8-15)11-17(18-4-2-10-30-18)20(26)29-13-19(25)24-21(27)23-12-16-3-1-9-28-16/h1-11H,12-13H2,(H2,23,24,25,27)/b17-11+. The maximum absolute atomic E-state index is 13.1. The van der Waals surface area contributed by atoms with E-state index in [0.717, 1.165) is 0 Å². The van der Waals surface area contributed by atoms with Crippen LogP contribution in [-0.4, -0.2) is 24.5 Å². The highest BCUT2D eigenvalue weighted by molar-refractivity contribution is 7.11. The zero-order valence-electron chi connectivity index (χ0n) is 15.6. The lowest BCUT2D eigenvalue weighted by molar-refractivity contribution is -0.142. The number of carbonyl (C=O) groups excluding carboxylic acids is 3. The van der Waals surface area contributed by atoms with Gasteiger partial charge in [0, 0.05) is 4.88 Å². The van der Waals surface area contributed by atoms with Gasteiger partial charge in [-0.1, -0.05) is 18.2 Å². The molecule has 1 aromatic carbocycles. The van der Waals surface area contributed by atoms with Crippen LogP contribution in [0.5, 0.6) is 0 Å². The van der Waals surface area contributed by atoms with E-state index in [1.807, 2.05) is 0 Å². The van der Waals surface area contributed by atoms with Crippen LogP contribution in [-0.2, 0) is 20.9 Å². The Morgan fingerprint density at radius 3 is 2.57 bits per heavy atom. The monoisotopic (exact) mass is 428 g/mol. The third-order valence-corrected chi connectivity index (χ3v) is 4.68. The minimum Gasteiger partial charge on any atom is -0.467 e.